The second-order valence-corrected chi connectivity index (χ2v) is 11.4. The number of hydrogen-bond donors (Lipinski definition) is 2. The fourth-order valence-corrected chi connectivity index (χ4v) is 6.19. The SMILES string of the molecule is COC1CN(C(C)=N)CC1SC1=C(C(=O)OCOC(=O)C(C)(C)C)N2C(=O)C(C(C)O)[C@H]2C1C. The number of amides is 1. The van der Waals surface area contributed by atoms with Gasteiger partial charge in [0, 0.05) is 31.0 Å². The van der Waals surface area contributed by atoms with E-state index in [0.29, 0.717) is 23.8 Å². The molecule has 0 aromatic carbocycles. The molecular weight excluding hydrogens is 462 g/mol. The number of nitrogens with zero attached hydrogens (tertiary/aromatic N) is 2. The average Bonchev–Trinajstić information content (AvgIpc) is 3.25. The number of carbonyl (C=O) groups is 3. The summed E-state index contributed by atoms with van der Waals surface area (Å²) < 4.78 is 16.0. The predicted octanol–water partition coefficient (Wildman–Crippen LogP) is 1.58. The van der Waals surface area contributed by atoms with Crippen LogP contribution in [0.5, 0.6) is 0 Å². The minimum atomic E-state index is -0.847. The van der Waals surface area contributed by atoms with Gasteiger partial charge in [-0.05, 0) is 34.6 Å². The fourth-order valence-electron chi connectivity index (χ4n) is 4.61. The number of amidine groups is 1. The summed E-state index contributed by atoms with van der Waals surface area (Å²) in [6.45, 7) is 10.9. The standard InChI is InChI=1S/C23H35N3O7S/c1-11-17-16(12(2)27)20(28)26(17)18(21(29)32-10-33-22(30)23(4,5)6)19(11)34-15-9-25(13(3)24)8-14(15)31-7/h11-12,14-17,24,27H,8-10H2,1-7H3/t11?,12?,14?,15?,16?,17-/m1/s1. The molecule has 0 aromatic rings. The number of thioether (sulfide) groups is 1. The Morgan fingerprint density at radius 2 is 1.91 bits per heavy atom. The fraction of sp³-hybridized carbons (Fsp3) is 0.739. The zero-order valence-corrected chi connectivity index (χ0v) is 21.6. The smallest absolute Gasteiger partial charge is 0.358 e. The summed E-state index contributed by atoms with van der Waals surface area (Å²) in [5.41, 5.74) is -0.607. The number of likely N-dealkylation sites (tertiary alicyclic amines) is 1. The average molecular weight is 498 g/mol. The topological polar surface area (TPSA) is 129 Å². The van der Waals surface area contributed by atoms with E-state index in [1.54, 1.807) is 41.7 Å². The highest BCUT2D eigenvalue weighted by molar-refractivity contribution is 8.03. The molecule has 0 radical (unpaired) electrons. The highest BCUT2D eigenvalue weighted by Gasteiger charge is 2.60. The van der Waals surface area contributed by atoms with Crippen LogP contribution in [0.15, 0.2) is 10.6 Å². The van der Waals surface area contributed by atoms with Gasteiger partial charge in [-0.25, -0.2) is 4.79 Å². The Morgan fingerprint density at radius 3 is 2.44 bits per heavy atom. The Hall–Kier alpha value is -2.11. The van der Waals surface area contributed by atoms with Crippen LogP contribution in [0.4, 0.5) is 0 Å². The number of methoxy groups -OCH3 is 1. The number of carbonyl (C=O) groups excluding carboxylic acids is 3. The van der Waals surface area contributed by atoms with Crippen LogP contribution in [-0.4, -0.2) is 89.1 Å². The Kier molecular flexibility index (Phi) is 7.69. The zero-order chi connectivity index (χ0) is 25.5. The molecule has 3 rings (SSSR count). The number of fused-ring (bicyclic) bond motifs is 1. The molecule has 5 unspecified atom stereocenters. The molecule has 3 aliphatic heterocycles. The Labute approximate surface area is 204 Å². The van der Waals surface area contributed by atoms with Crippen LogP contribution in [0.2, 0.25) is 0 Å². The summed E-state index contributed by atoms with van der Waals surface area (Å²) in [5, 5.41) is 18.1. The largest absolute Gasteiger partial charge is 0.427 e. The van der Waals surface area contributed by atoms with Gasteiger partial charge in [-0.3, -0.25) is 15.0 Å². The van der Waals surface area contributed by atoms with Gasteiger partial charge in [-0.2, -0.15) is 0 Å². The van der Waals surface area contributed by atoms with Crippen molar-refractivity contribution in [2.45, 2.75) is 65.0 Å². The predicted molar refractivity (Wildman–Crippen MR) is 126 cm³/mol. The second-order valence-electron chi connectivity index (χ2n) is 10.1. The zero-order valence-electron chi connectivity index (χ0n) is 20.8. The molecule has 2 fully saturated rings. The van der Waals surface area contributed by atoms with E-state index in [1.807, 2.05) is 11.8 Å². The lowest BCUT2D eigenvalue weighted by molar-refractivity contribution is -0.175. The lowest BCUT2D eigenvalue weighted by Crippen LogP contribution is -2.63. The van der Waals surface area contributed by atoms with Gasteiger partial charge in [0.15, 0.2) is 0 Å². The third-order valence-corrected chi connectivity index (χ3v) is 8.14. The number of aliphatic hydroxyl groups is 1. The van der Waals surface area contributed by atoms with Gasteiger partial charge in [-0.1, -0.05) is 6.92 Å². The van der Waals surface area contributed by atoms with Crippen LogP contribution in [0, 0.1) is 22.7 Å². The van der Waals surface area contributed by atoms with Crippen molar-refractivity contribution in [3.8, 4) is 0 Å². The lowest BCUT2D eigenvalue weighted by Gasteiger charge is -2.46. The molecule has 0 aliphatic carbocycles. The van der Waals surface area contributed by atoms with Crippen LogP contribution in [0.3, 0.4) is 0 Å². The summed E-state index contributed by atoms with van der Waals surface area (Å²) >= 11 is 1.45. The minimum absolute atomic E-state index is 0.0666. The molecule has 2 saturated heterocycles. The molecule has 3 heterocycles. The highest BCUT2D eigenvalue weighted by atomic mass is 32.2. The van der Waals surface area contributed by atoms with Gasteiger partial charge in [0.2, 0.25) is 12.7 Å². The van der Waals surface area contributed by atoms with Crippen LogP contribution in [0.1, 0.15) is 41.5 Å². The maximum atomic E-state index is 13.1. The van der Waals surface area contributed by atoms with Gasteiger partial charge in [0.05, 0.1) is 40.7 Å². The number of esters is 2. The molecule has 11 heteroatoms. The van der Waals surface area contributed by atoms with E-state index in [-0.39, 0.29) is 34.9 Å². The number of β-lactam (4-membered cyclic amide) rings is 1. The summed E-state index contributed by atoms with van der Waals surface area (Å²) in [5.74, 6) is -1.94. The van der Waals surface area contributed by atoms with Crippen LogP contribution in [-0.2, 0) is 28.6 Å². The van der Waals surface area contributed by atoms with Crippen molar-refractivity contribution in [2.75, 3.05) is 27.0 Å². The van der Waals surface area contributed by atoms with Crippen molar-refractivity contribution in [3.05, 3.63) is 10.6 Å². The first-order valence-corrected chi connectivity index (χ1v) is 12.3. The van der Waals surface area contributed by atoms with Gasteiger partial charge in [-0.15, -0.1) is 11.8 Å². The molecule has 6 atom stereocenters. The molecule has 34 heavy (non-hydrogen) atoms. The Balaban J connectivity index is 1.84. The number of nitrogens with one attached hydrogen (secondary N) is 1. The lowest BCUT2D eigenvalue weighted by atomic mass is 9.79. The molecule has 190 valence electrons. The van der Waals surface area contributed by atoms with Crippen molar-refractivity contribution in [2.24, 2.45) is 17.3 Å². The van der Waals surface area contributed by atoms with Gasteiger partial charge in [0.1, 0.15) is 5.70 Å². The van der Waals surface area contributed by atoms with Crippen LogP contribution >= 0.6 is 11.8 Å². The van der Waals surface area contributed by atoms with Crippen molar-refractivity contribution in [1.82, 2.24) is 9.80 Å². The molecular formula is C23H35N3O7S. The number of hydrogen-bond acceptors (Lipinski definition) is 9. The van der Waals surface area contributed by atoms with E-state index in [4.69, 9.17) is 19.6 Å². The molecule has 0 aromatic heterocycles. The van der Waals surface area contributed by atoms with Gasteiger partial charge >= 0.3 is 11.9 Å². The third-order valence-electron chi connectivity index (χ3n) is 6.57. The normalized spacial score (nSPS) is 29.6. The van der Waals surface area contributed by atoms with Gasteiger partial charge < -0.3 is 29.1 Å². The van der Waals surface area contributed by atoms with E-state index in [1.165, 1.54) is 16.7 Å². The summed E-state index contributed by atoms with van der Waals surface area (Å²) in [6.07, 6.45) is -1.01. The molecule has 10 nitrogen and oxygen atoms in total. The molecule has 0 saturated carbocycles. The number of rotatable bonds is 7. The highest BCUT2D eigenvalue weighted by Crippen LogP contribution is 2.52. The van der Waals surface area contributed by atoms with Crippen molar-refractivity contribution >= 4 is 35.4 Å². The minimum Gasteiger partial charge on any atom is -0.427 e. The monoisotopic (exact) mass is 497 g/mol. The Morgan fingerprint density at radius 1 is 1.26 bits per heavy atom. The number of ether oxygens (including phenoxy) is 3. The first kappa shape index (κ1) is 26.5. The van der Waals surface area contributed by atoms with E-state index in [9.17, 15) is 19.5 Å². The Bertz CT molecular complexity index is 897. The summed E-state index contributed by atoms with van der Waals surface area (Å²) in [7, 11) is 1.62. The van der Waals surface area contributed by atoms with Crippen molar-refractivity contribution in [1.29, 1.82) is 5.41 Å². The van der Waals surface area contributed by atoms with E-state index >= 15 is 0 Å². The quantitative estimate of drug-likeness (QED) is 0.177. The maximum Gasteiger partial charge on any atom is 0.358 e. The van der Waals surface area contributed by atoms with Crippen molar-refractivity contribution in [3.63, 3.8) is 0 Å². The van der Waals surface area contributed by atoms with E-state index < -0.39 is 36.2 Å². The molecule has 0 bridgehead atoms. The third kappa shape index (κ3) is 4.83. The van der Waals surface area contributed by atoms with Crippen molar-refractivity contribution < 1.29 is 33.7 Å². The first-order chi connectivity index (χ1) is 15.8. The van der Waals surface area contributed by atoms with E-state index in [2.05, 4.69) is 0 Å². The molecule has 0 spiro atoms. The second kappa shape index (κ2) is 9.87. The van der Waals surface area contributed by atoms with Gasteiger partial charge in [0.25, 0.3) is 0 Å². The van der Waals surface area contributed by atoms with Crippen LogP contribution < -0.4 is 0 Å². The summed E-state index contributed by atoms with van der Waals surface area (Å²) in [6, 6.07) is -0.349. The molecule has 2 N–H and O–H groups in total. The maximum absolute atomic E-state index is 13.1. The van der Waals surface area contributed by atoms with E-state index in [0.717, 1.165) is 0 Å². The molecule has 3 aliphatic rings. The first-order valence-electron chi connectivity index (χ1n) is 11.4. The van der Waals surface area contributed by atoms with Crippen LogP contribution in [0.25, 0.3) is 0 Å². The number of aliphatic hydroxyl groups excluding tert-OH is 1. The summed E-state index contributed by atoms with van der Waals surface area (Å²) in [4.78, 5) is 42.0. The molecule has 1 amide bonds.